The molecule has 5 atom stereocenters. The molecule has 0 aliphatic heterocycles. The Morgan fingerprint density at radius 2 is 0.500 bits per heavy atom. The van der Waals surface area contributed by atoms with E-state index in [1.165, 1.54) is 38.5 Å². The van der Waals surface area contributed by atoms with Crippen molar-refractivity contribution in [3.05, 3.63) is 158 Å². The number of phosphoric acid groups is 2. The van der Waals surface area contributed by atoms with E-state index in [-0.39, 0.29) is 25.7 Å². The summed E-state index contributed by atoms with van der Waals surface area (Å²) in [5, 5.41) is 10.6. The van der Waals surface area contributed by atoms with E-state index in [1.807, 2.05) is 0 Å². The Hall–Kier alpha value is -5.32. The molecule has 0 radical (unpaired) electrons. The number of esters is 4. The maximum Gasteiger partial charge on any atom is 0.472 e. The summed E-state index contributed by atoms with van der Waals surface area (Å²) in [5.74, 6) is -2.27. The van der Waals surface area contributed by atoms with Gasteiger partial charge in [0.2, 0.25) is 0 Å². The van der Waals surface area contributed by atoms with Gasteiger partial charge in [-0.15, -0.1) is 0 Å². The maximum absolute atomic E-state index is 13.1. The molecular formula is C85H140O17P2. The van der Waals surface area contributed by atoms with Crippen molar-refractivity contribution in [1.82, 2.24) is 0 Å². The molecule has 0 saturated carbocycles. The van der Waals surface area contributed by atoms with Crippen LogP contribution in [0.1, 0.15) is 297 Å². The first-order valence-corrected chi connectivity index (χ1v) is 42.7. The van der Waals surface area contributed by atoms with Crippen LogP contribution in [0.5, 0.6) is 0 Å². The summed E-state index contributed by atoms with van der Waals surface area (Å²) in [7, 11) is -9.99. The standard InChI is InChI=1S/C85H140O17P2/c1-5-9-13-17-21-25-29-32-35-38-39-42-44-47-51-54-58-62-66-70-83(88)96-76-81(102-85(90)72-68-64-60-56-52-48-45-41-37-34-31-27-23-19-15-11-7-3)78-100-104(93,94)98-74-79(86)73-97-103(91,92)99-77-80(101-84(89)71-67-63-59-55-49-28-24-20-16-12-8-4)75-95-82(87)69-65-61-57-53-50-46-43-40-36-33-30-26-22-18-14-10-6-2/h9-11,13-15,21-23,25-27,32-37,39,42-43,45-48,51,79-81,86H,5-8,12,16-20,24,28-31,38,40-41,44,49-50,52-78H2,1-4H3,(H,91,92)(H,93,94)/b13-9-,14-10-,15-11-,25-21-,26-22-,27-23-,35-32-,36-33-,37-34-,42-39-,46-43-,48-45-,51-47-. The van der Waals surface area contributed by atoms with Gasteiger partial charge in [-0.3, -0.25) is 37.3 Å². The van der Waals surface area contributed by atoms with Crippen molar-refractivity contribution in [3.8, 4) is 0 Å². The van der Waals surface area contributed by atoms with Crippen molar-refractivity contribution in [1.29, 1.82) is 0 Å². The largest absolute Gasteiger partial charge is 0.472 e. The molecule has 0 aromatic rings. The highest BCUT2D eigenvalue weighted by Crippen LogP contribution is 2.45. The van der Waals surface area contributed by atoms with Crippen LogP contribution >= 0.6 is 15.6 Å². The Labute approximate surface area is 629 Å². The van der Waals surface area contributed by atoms with E-state index in [1.54, 1.807) is 0 Å². The number of hydrogen-bond donors (Lipinski definition) is 3. The van der Waals surface area contributed by atoms with Crippen LogP contribution in [0.25, 0.3) is 0 Å². The van der Waals surface area contributed by atoms with Crippen LogP contribution in [0.2, 0.25) is 0 Å². The van der Waals surface area contributed by atoms with Gasteiger partial charge in [-0.1, -0.05) is 282 Å². The fourth-order valence-electron chi connectivity index (χ4n) is 10.1. The lowest BCUT2D eigenvalue weighted by molar-refractivity contribution is -0.161. The maximum atomic E-state index is 13.1. The van der Waals surface area contributed by atoms with E-state index in [4.69, 9.17) is 37.0 Å². The molecule has 104 heavy (non-hydrogen) atoms. The number of ether oxygens (including phenoxy) is 4. The number of unbranched alkanes of at least 4 members (excludes halogenated alkanes) is 21. The second kappa shape index (κ2) is 75.9. The molecule has 0 spiro atoms. The molecule has 17 nitrogen and oxygen atoms in total. The van der Waals surface area contributed by atoms with Gasteiger partial charge >= 0.3 is 39.5 Å². The topological polar surface area (TPSA) is 237 Å². The van der Waals surface area contributed by atoms with Crippen molar-refractivity contribution in [3.63, 3.8) is 0 Å². The van der Waals surface area contributed by atoms with Gasteiger partial charge in [0.1, 0.15) is 19.3 Å². The molecule has 0 aromatic heterocycles. The molecule has 0 aromatic carbocycles. The van der Waals surface area contributed by atoms with Gasteiger partial charge < -0.3 is 33.8 Å². The van der Waals surface area contributed by atoms with Gasteiger partial charge in [-0.2, -0.15) is 0 Å². The molecular weight excluding hydrogens is 1350 g/mol. The summed E-state index contributed by atoms with van der Waals surface area (Å²) >= 11 is 0. The van der Waals surface area contributed by atoms with Crippen LogP contribution in [-0.2, 0) is 65.4 Å². The average Bonchev–Trinajstić information content (AvgIpc) is 0.931. The van der Waals surface area contributed by atoms with Crippen LogP contribution in [0, 0.1) is 0 Å². The molecule has 0 fully saturated rings. The second-order valence-corrected chi connectivity index (χ2v) is 28.8. The third kappa shape index (κ3) is 74.9. The van der Waals surface area contributed by atoms with Crippen molar-refractivity contribution in [2.24, 2.45) is 0 Å². The van der Waals surface area contributed by atoms with E-state index >= 15 is 0 Å². The van der Waals surface area contributed by atoms with Crippen molar-refractivity contribution in [2.45, 2.75) is 316 Å². The Bertz CT molecular complexity index is 2590. The zero-order valence-electron chi connectivity index (χ0n) is 64.6. The fourth-order valence-corrected chi connectivity index (χ4v) is 11.6. The van der Waals surface area contributed by atoms with Gasteiger partial charge in [0.25, 0.3) is 0 Å². The van der Waals surface area contributed by atoms with Gasteiger partial charge in [-0.05, 0) is 148 Å². The van der Waals surface area contributed by atoms with Crippen LogP contribution in [0.4, 0.5) is 0 Å². The van der Waals surface area contributed by atoms with Crippen LogP contribution in [0.3, 0.4) is 0 Å². The minimum Gasteiger partial charge on any atom is -0.462 e. The Kier molecular flexibility index (Phi) is 72.0. The highest BCUT2D eigenvalue weighted by Gasteiger charge is 2.30. The highest BCUT2D eigenvalue weighted by atomic mass is 31.2. The van der Waals surface area contributed by atoms with E-state index in [0.29, 0.717) is 25.7 Å². The molecule has 0 aliphatic rings. The molecule has 0 rings (SSSR count). The predicted octanol–water partition coefficient (Wildman–Crippen LogP) is 23.2. The first-order valence-electron chi connectivity index (χ1n) is 39.7. The first kappa shape index (κ1) is 98.7. The number of phosphoric ester groups is 2. The van der Waals surface area contributed by atoms with Crippen LogP contribution in [0.15, 0.2) is 158 Å². The SMILES string of the molecule is CC/C=C\C/C=C\C/C=C\C/C=C\C/C=C\CCCCCC(=O)OCC(COP(=O)(O)OCC(O)COP(=O)(O)OCC(COC(=O)CCCCCC/C=C\C/C=C\C/C=C\C/C=C\CC)OC(=O)CCCCCCCCCCCCC)OC(=O)CCCCCC/C=C\C/C=C\C/C=C\C/C=C\CC. The summed E-state index contributed by atoms with van der Waals surface area (Å²) in [4.78, 5) is 73.0. The lowest BCUT2D eigenvalue weighted by Crippen LogP contribution is -2.30. The summed E-state index contributed by atoms with van der Waals surface area (Å²) in [6, 6.07) is 0. The Morgan fingerprint density at radius 3 is 0.779 bits per heavy atom. The third-order valence-electron chi connectivity index (χ3n) is 16.0. The normalized spacial score (nSPS) is 14.7. The molecule has 0 amide bonds. The van der Waals surface area contributed by atoms with Crippen molar-refractivity contribution in [2.75, 3.05) is 39.6 Å². The van der Waals surface area contributed by atoms with Gasteiger partial charge in [0.15, 0.2) is 12.2 Å². The molecule has 0 aliphatic carbocycles. The number of aliphatic hydroxyl groups excluding tert-OH is 1. The predicted molar refractivity (Wildman–Crippen MR) is 427 cm³/mol. The minimum absolute atomic E-state index is 0.0538. The number of aliphatic hydroxyl groups is 1. The summed E-state index contributed by atoms with van der Waals surface area (Å²) in [6.45, 7) is 4.43. The summed E-state index contributed by atoms with van der Waals surface area (Å²) < 4.78 is 68.5. The van der Waals surface area contributed by atoms with E-state index in [2.05, 4.69) is 186 Å². The van der Waals surface area contributed by atoms with E-state index in [9.17, 15) is 43.2 Å². The smallest absolute Gasteiger partial charge is 0.462 e. The first-order chi connectivity index (χ1) is 50.7. The summed E-state index contributed by atoms with van der Waals surface area (Å²) in [6.07, 6.45) is 88.0. The van der Waals surface area contributed by atoms with E-state index in [0.717, 1.165) is 180 Å². The number of allylic oxidation sites excluding steroid dienone is 26. The molecule has 592 valence electrons. The lowest BCUT2D eigenvalue weighted by atomic mass is 10.1. The average molecular weight is 1500 g/mol. The molecule has 3 N–H and O–H groups in total. The summed E-state index contributed by atoms with van der Waals surface area (Å²) in [5.41, 5.74) is 0. The van der Waals surface area contributed by atoms with Gasteiger partial charge in [-0.25, -0.2) is 9.13 Å². The number of carbonyl (C=O) groups excluding carboxylic acids is 4. The molecule has 0 bridgehead atoms. The molecule has 0 saturated heterocycles. The number of rotatable bonds is 73. The zero-order valence-corrected chi connectivity index (χ0v) is 66.4. The van der Waals surface area contributed by atoms with E-state index < -0.39 is 97.5 Å². The third-order valence-corrected chi connectivity index (χ3v) is 17.9. The monoisotopic (exact) mass is 1490 g/mol. The Balaban J connectivity index is 5.42. The number of carbonyl (C=O) groups is 4. The van der Waals surface area contributed by atoms with Crippen molar-refractivity contribution >= 4 is 39.5 Å². The second-order valence-electron chi connectivity index (χ2n) is 25.9. The lowest BCUT2D eigenvalue weighted by Gasteiger charge is -2.21. The highest BCUT2D eigenvalue weighted by molar-refractivity contribution is 7.47. The zero-order chi connectivity index (χ0) is 76.0. The molecule has 19 heteroatoms. The van der Waals surface area contributed by atoms with Gasteiger partial charge in [0, 0.05) is 25.7 Å². The van der Waals surface area contributed by atoms with Crippen molar-refractivity contribution < 1.29 is 80.2 Å². The number of hydrogen-bond acceptors (Lipinski definition) is 15. The molecule has 0 heterocycles. The fraction of sp³-hybridized carbons (Fsp3) is 0.647. The minimum atomic E-state index is -5.00. The van der Waals surface area contributed by atoms with Gasteiger partial charge in [0.05, 0.1) is 26.4 Å². The quantitative estimate of drug-likeness (QED) is 0.0169. The van der Waals surface area contributed by atoms with Crippen LogP contribution < -0.4 is 0 Å². The Morgan fingerprint density at radius 1 is 0.279 bits per heavy atom. The van der Waals surface area contributed by atoms with Crippen LogP contribution in [-0.4, -0.2) is 96.7 Å². The molecule has 5 unspecified atom stereocenters.